The second-order valence-electron chi connectivity index (χ2n) is 8.14. The summed E-state index contributed by atoms with van der Waals surface area (Å²) >= 11 is 0. The van der Waals surface area contributed by atoms with Crippen molar-refractivity contribution < 1.29 is 19.5 Å². The van der Waals surface area contributed by atoms with E-state index in [-0.39, 0.29) is 19.5 Å². The summed E-state index contributed by atoms with van der Waals surface area (Å²) in [7, 11) is 0.366. The molecule has 0 aliphatic heterocycles. The maximum Gasteiger partial charge on any atom is 0 e. The zero-order valence-electron chi connectivity index (χ0n) is 18.7. The van der Waals surface area contributed by atoms with Crippen LogP contribution in [0.3, 0.4) is 0 Å². The van der Waals surface area contributed by atoms with E-state index in [1.54, 1.807) is 18.5 Å². The molecule has 0 aliphatic carbocycles. The van der Waals surface area contributed by atoms with Gasteiger partial charge in [-0.05, 0) is 37.7 Å². The maximum atomic E-state index is 2.32. The van der Waals surface area contributed by atoms with Crippen molar-refractivity contribution in [3.05, 3.63) is 0 Å². The van der Waals surface area contributed by atoms with Gasteiger partial charge in [0.25, 0.3) is 0 Å². The molecule has 0 nitrogen and oxygen atoms in total. The van der Waals surface area contributed by atoms with Gasteiger partial charge in [0.15, 0.2) is 0 Å². The van der Waals surface area contributed by atoms with Crippen LogP contribution in [-0.2, 0) is 19.5 Å². The van der Waals surface area contributed by atoms with Gasteiger partial charge in [0.05, 0.1) is 0 Å². The van der Waals surface area contributed by atoms with Crippen molar-refractivity contribution in [1.29, 1.82) is 0 Å². The molecule has 26 heavy (non-hydrogen) atoms. The van der Waals surface area contributed by atoms with Crippen molar-refractivity contribution in [3.8, 4) is 0 Å². The minimum absolute atomic E-state index is 0. The summed E-state index contributed by atoms with van der Waals surface area (Å²) in [6, 6.07) is 0. The SMILES string of the molecule is CCCCCCCCP(CCCCCCCC)CCCCCCCC.[Ru]. The maximum absolute atomic E-state index is 2.32. The van der Waals surface area contributed by atoms with Crippen LogP contribution in [0.25, 0.3) is 0 Å². The monoisotopic (exact) mass is 472 g/mol. The van der Waals surface area contributed by atoms with E-state index < -0.39 is 0 Å². The summed E-state index contributed by atoms with van der Waals surface area (Å²) in [5.41, 5.74) is 0. The van der Waals surface area contributed by atoms with E-state index in [4.69, 9.17) is 0 Å². The average molecular weight is 472 g/mol. The van der Waals surface area contributed by atoms with Gasteiger partial charge in [-0.15, -0.1) is 7.92 Å². The van der Waals surface area contributed by atoms with Gasteiger partial charge in [-0.2, -0.15) is 0 Å². The molecule has 0 N–H and O–H groups in total. The Morgan fingerprint density at radius 1 is 0.346 bits per heavy atom. The minimum atomic E-state index is 0. The first kappa shape index (κ1) is 29.3. The van der Waals surface area contributed by atoms with Crippen molar-refractivity contribution >= 4 is 7.92 Å². The van der Waals surface area contributed by atoms with Crippen molar-refractivity contribution in [1.82, 2.24) is 0 Å². The van der Waals surface area contributed by atoms with E-state index in [2.05, 4.69) is 20.8 Å². The molecule has 0 rings (SSSR count). The van der Waals surface area contributed by atoms with E-state index in [9.17, 15) is 0 Å². The Balaban J connectivity index is 0. The summed E-state index contributed by atoms with van der Waals surface area (Å²) in [6.45, 7) is 6.96. The van der Waals surface area contributed by atoms with Gasteiger partial charge >= 0.3 is 0 Å². The van der Waals surface area contributed by atoms with E-state index in [1.165, 1.54) is 116 Å². The summed E-state index contributed by atoms with van der Waals surface area (Å²) < 4.78 is 0. The molecular formula is C24H51PRu. The molecule has 160 valence electrons. The van der Waals surface area contributed by atoms with Crippen molar-refractivity contribution in [3.63, 3.8) is 0 Å². The van der Waals surface area contributed by atoms with Crippen LogP contribution in [0.2, 0.25) is 0 Å². The van der Waals surface area contributed by atoms with Gasteiger partial charge in [0.2, 0.25) is 0 Å². The van der Waals surface area contributed by atoms with E-state index in [0.29, 0.717) is 7.92 Å². The summed E-state index contributed by atoms with van der Waals surface area (Å²) in [5.74, 6) is 0. The van der Waals surface area contributed by atoms with Gasteiger partial charge in [0.1, 0.15) is 0 Å². The molecule has 0 unspecified atom stereocenters. The Morgan fingerprint density at radius 3 is 0.846 bits per heavy atom. The third-order valence-corrected chi connectivity index (χ3v) is 8.33. The fraction of sp³-hybridized carbons (Fsp3) is 1.00. The Kier molecular flexibility index (Phi) is 29.3. The Hall–Kier alpha value is 1.05. The van der Waals surface area contributed by atoms with Gasteiger partial charge in [-0.3, -0.25) is 0 Å². The summed E-state index contributed by atoms with van der Waals surface area (Å²) in [5, 5.41) is 0. The third-order valence-electron chi connectivity index (χ3n) is 5.48. The van der Waals surface area contributed by atoms with E-state index >= 15 is 0 Å². The molecule has 0 amide bonds. The molecule has 0 aromatic rings. The predicted octanol–water partition coefficient (Wildman–Crippen LogP) is 9.55. The van der Waals surface area contributed by atoms with Crippen LogP contribution in [0.15, 0.2) is 0 Å². The van der Waals surface area contributed by atoms with Crippen LogP contribution in [0.1, 0.15) is 136 Å². The molecule has 0 atom stereocenters. The molecule has 0 fully saturated rings. The fourth-order valence-electron chi connectivity index (χ4n) is 3.68. The Morgan fingerprint density at radius 2 is 0.577 bits per heavy atom. The van der Waals surface area contributed by atoms with Crippen molar-refractivity contribution in [2.24, 2.45) is 0 Å². The second-order valence-corrected chi connectivity index (χ2v) is 10.8. The topological polar surface area (TPSA) is 0 Å². The van der Waals surface area contributed by atoms with Crippen LogP contribution >= 0.6 is 7.92 Å². The molecule has 0 saturated carbocycles. The van der Waals surface area contributed by atoms with Crippen LogP contribution in [-0.4, -0.2) is 18.5 Å². The predicted molar refractivity (Wildman–Crippen MR) is 122 cm³/mol. The number of hydrogen-bond acceptors (Lipinski definition) is 0. The van der Waals surface area contributed by atoms with Crippen molar-refractivity contribution in [2.75, 3.05) is 18.5 Å². The summed E-state index contributed by atoms with van der Waals surface area (Å²) in [4.78, 5) is 0. The average Bonchev–Trinajstić information content (AvgIpc) is 2.63. The zero-order chi connectivity index (χ0) is 18.4. The van der Waals surface area contributed by atoms with Gasteiger partial charge in [-0.1, -0.05) is 117 Å². The molecule has 0 aromatic heterocycles. The molecular weight excluding hydrogens is 420 g/mol. The fourth-order valence-corrected chi connectivity index (χ4v) is 6.37. The van der Waals surface area contributed by atoms with Gasteiger partial charge in [-0.25, -0.2) is 0 Å². The molecule has 0 radical (unpaired) electrons. The van der Waals surface area contributed by atoms with E-state index in [0.717, 1.165) is 0 Å². The van der Waals surface area contributed by atoms with Crippen LogP contribution < -0.4 is 0 Å². The molecule has 2 heteroatoms. The minimum Gasteiger partial charge on any atom is -0.107 e. The van der Waals surface area contributed by atoms with Crippen LogP contribution in [0, 0.1) is 0 Å². The smallest absolute Gasteiger partial charge is 0 e. The summed E-state index contributed by atoms with van der Waals surface area (Å²) in [6.07, 6.45) is 31.2. The van der Waals surface area contributed by atoms with Gasteiger partial charge in [0, 0.05) is 19.5 Å². The standard InChI is InChI=1S/C24H51P.Ru/c1-4-7-10-13-16-19-22-25(23-20-17-14-11-8-5-2)24-21-18-15-12-9-6-3;/h4-24H2,1-3H3;. The Bertz CT molecular complexity index is 194. The van der Waals surface area contributed by atoms with Crippen LogP contribution in [0.4, 0.5) is 0 Å². The first-order valence-corrected chi connectivity index (χ1v) is 14.0. The first-order chi connectivity index (χ1) is 12.3. The first-order valence-electron chi connectivity index (χ1n) is 12.1. The quantitative estimate of drug-likeness (QED) is 0.0888. The van der Waals surface area contributed by atoms with E-state index in [1.807, 2.05) is 0 Å². The zero-order valence-corrected chi connectivity index (χ0v) is 21.3. The molecule has 0 spiro atoms. The normalized spacial score (nSPS) is 11.1. The van der Waals surface area contributed by atoms with Crippen molar-refractivity contribution in [2.45, 2.75) is 136 Å². The largest absolute Gasteiger partial charge is 0.107 e. The third kappa shape index (κ3) is 23.1. The molecule has 0 aliphatic rings. The molecule has 0 saturated heterocycles. The van der Waals surface area contributed by atoms with Gasteiger partial charge < -0.3 is 0 Å². The van der Waals surface area contributed by atoms with Crippen LogP contribution in [0.5, 0.6) is 0 Å². The molecule has 0 heterocycles. The Labute approximate surface area is 182 Å². The number of unbranched alkanes of at least 4 members (excludes halogenated alkanes) is 15. The number of hydrogen-bond donors (Lipinski definition) is 0. The molecule has 0 aromatic carbocycles. The molecule has 0 bridgehead atoms. The second kappa shape index (κ2) is 26.1. The number of rotatable bonds is 21.